The van der Waals surface area contributed by atoms with Crippen LogP contribution in [0.1, 0.15) is 31.0 Å². The number of aromatic nitrogens is 2. The van der Waals surface area contributed by atoms with E-state index >= 15 is 0 Å². The number of benzene rings is 3. The lowest BCUT2D eigenvalue weighted by Gasteiger charge is -2.32. The van der Waals surface area contributed by atoms with Crippen LogP contribution < -0.4 is 0 Å². The second-order valence-corrected chi connectivity index (χ2v) is 12.4. The summed E-state index contributed by atoms with van der Waals surface area (Å²) in [5.41, 5.74) is 3.25. The van der Waals surface area contributed by atoms with E-state index < -0.39 is 27.9 Å². The number of para-hydroxylation sites is 1. The molecule has 3 aromatic carbocycles. The van der Waals surface area contributed by atoms with E-state index in [9.17, 15) is 23.3 Å². The van der Waals surface area contributed by atoms with E-state index in [1.165, 1.54) is 26.2 Å². The van der Waals surface area contributed by atoms with Crippen molar-refractivity contribution in [1.29, 1.82) is 5.26 Å². The van der Waals surface area contributed by atoms with Gasteiger partial charge in [0, 0.05) is 37.0 Å². The Morgan fingerprint density at radius 2 is 1.58 bits per heavy atom. The van der Waals surface area contributed by atoms with Crippen LogP contribution in [0, 0.1) is 11.3 Å². The normalized spacial score (nSPS) is 15.7. The van der Waals surface area contributed by atoms with Gasteiger partial charge in [0.15, 0.2) is 0 Å². The van der Waals surface area contributed by atoms with E-state index in [0.29, 0.717) is 16.8 Å². The Morgan fingerprint density at radius 3 is 2.21 bits per heavy atom. The molecule has 0 fully saturated rings. The number of amides is 2. The van der Waals surface area contributed by atoms with E-state index in [0.717, 1.165) is 20.5 Å². The molecule has 10 heteroatoms. The van der Waals surface area contributed by atoms with Crippen LogP contribution in [-0.4, -0.2) is 53.3 Å². The number of nitriles is 1. The molecule has 1 atom stereocenters. The minimum absolute atomic E-state index is 0.0907. The van der Waals surface area contributed by atoms with Crippen LogP contribution in [0.3, 0.4) is 0 Å². The Morgan fingerprint density at radius 1 is 0.930 bits per heavy atom. The first kappa shape index (κ1) is 29.4. The number of sulfonamides is 1. The minimum atomic E-state index is -3.73. The van der Waals surface area contributed by atoms with Gasteiger partial charge in [-0.3, -0.25) is 14.5 Å². The molecule has 0 bridgehead atoms. The van der Waals surface area contributed by atoms with E-state index in [1.54, 1.807) is 42.9 Å². The summed E-state index contributed by atoms with van der Waals surface area (Å²) in [6, 6.07) is 26.3. The van der Waals surface area contributed by atoms with Gasteiger partial charge in [-0.2, -0.15) is 10.4 Å². The van der Waals surface area contributed by atoms with Crippen LogP contribution in [0.2, 0.25) is 0 Å². The Labute approximate surface area is 250 Å². The highest BCUT2D eigenvalue weighted by Crippen LogP contribution is 2.35. The van der Waals surface area contributed by atoms with Crippen molar-refractivity contribution in [1.82, 2.24) is 19.0 Å². The number of rotatable bonds is 7. The Bertz CT molecular complexity index is 1940. The van der Waals surface area contributed by atoms with E-state index in [4.69, 9.17) is 5.10 Å². The van der Waals surface area contributed by atoms with Crippen molar-refractivity contribution >= 4 is 27.9 Å². The first-order valence-corrected chi connectivity index (χ1v) is 14.9. The zero-order chi connectivity index (χ0) is 30.9. The molecule has 1 aliphatic rings. The summed E-state index contributed by atoms with van der Waals surface area (Å²) in [5, 5.41) is 14.7. The van der Waals surface area contributed by atoms with Crippen molar-refractivity contribution in [2.45, 2.75) is 24.8 Å². The first-order chi connectivity index (χ1) is 20.5. The molecule has 1 aromatic heterocycles. The minimum Gasteiger partial charge on any atom is -0.269 e. The maximum Gasteiger partial charge on any atom is 0.272 e. The highest BCUT2D eigenvalue weighted by atomic mass is 32.2. The molecule has 0 aliphatic carbocycles. The van der Waals surface area contributed by atoms with Crippen LogP contribution in [0.15, 0.2) is 113 Å². The summed E-state index contributed by atoms with van der Waals surface area (Å²) in [5.74, 6) is -1.19. The van der Waals surface area contributed by atoms with Gasteiger partial charge < -0.3 is 0 Å². The number of hydrogen-bond acceptors (Lipinski definition) is 6. The molecule has 4 aromatic rings. The molecule has 2 amide bonds. The third kappa shape index (κ3) is 5.44. The fourth-order valence-electron chi connectivity index (χ4n) is 4.93. The average molecular weight is 592 g/mol. The van der Waals surface area contributed by atoms with Crippen molar-refractivity contribution in [3.63, 3.8) is 0 Å². The summed E-state index contributed by atoms with van der Waals surface area (Å²) in [7, 11) is -0.808. The topological polar surface area (TPSA) is 116 Å². The molecule has 216 valence electrons. The van der Waals surface area contributed by atoms with Gasteiger partial charge in [-0.15, -0.1) is 0 Å². The quantitative estimate of drug-likeness (QED) is 0.217. The van der Waals surface area contributed by atoms with Gasteiger partial charge in [-0.25, -0.2) is 17.4 Å². The van der Waals surface area contributed by atoms with Crippen LogP contribution in [0.4, 0.5) is 0 Å². The lowest BCUT2D eigenvalue weighted by molar-refractivity contribution is -0.143. The number of imide groups is 1. The van der Waals surface area contributed by atoms with E-state index in [2.05, 4.69) is 0 Å². The third-order valence-corrected chi connectivity index (χ3v) is 9.20. The highest BCUT2D eigenvalue weighted by molar-refractivity contribution is 7.89. The van der Waals surface area contributed by atoms with Crippen LogP contribution in [0.5, 0.6) is 0 Å². The van der Waals surface area contributed by atoms with E-state index in [-0.39, 0.29) is 21.6 Å². The lowest BCUT2D eigenvalue weighted by Crippen LogP contribution is -2.44. The molecule has 0 saturated carbocycles. The fourth-order valence-corrected chi connectivity index (χ4v) is 5.88. The summed E-state index contributed by atoms with van der Waals surface area (Å²) in [4.78, 5) is 28.6. The van der Waals surface area contributed by atoms with Gasteiger partial charge in [0.05, 0.1) is 16.6 Å². The van der Waals surface area contributed by atoms with Gasteiger partial charge in [-0.1, -0.05) is 60.7 Å². The summed E-state index contributed by atoms with van der Waals surface area (Å²) >= 11 is 0. The van der Waals surface area contributed by atoms with E-state index in [1.807, 2.05) is 66.7 Å². The third-order valence-electron chi connectivity index (χ3n) is 7.39. The zero-order valence-electron chi connectivity index (χ0n) is 24.1. The van der Waals surface area contributed by atoms with Crippen molar-refractivity contribution in [3.8, 4) is 23.0 Å². The van der Waals surface area contributed by atoms with Gasteiger partial charge >= 0.3 is 0 Å². The maximum absolute atomic E-state index is 14.0. The molecular weight excluding hydrogens is 562 g/mol. The molecule has 2 heterocycles. The zero-order valence-corrected chi connectivity index (χ0v) is 24.9. The van der Waals surface area contributed by atoms with Gasteiger partial charge in [-0.05, 0) is 55.3 Å². The number of hydrogen-bond donors (Lipinski definition) is 0. The monoisotopic (exact) mass is 591 g/mol. The molecule has 0 saturated heterocycles. The number of carbonyl (C=O) groups is 2. The second kappa shape index (κ2) is 11.6. The van der Waals surface area contributed by atoms with Crippen LogP contribution in [-0.2, 0) is 19.6 Å². The summed E-state index contributed by atoms with van der Waals surface area (Å²) in [6.45, 7) is 3.32. The predicted octanol–water partition coefficient (Wildman–Crippen LogP) is 5.14. The number of nitrogens with zero attached hydrogens (tertiary/aromatic N) is 5. The maximum atomic E-state index is 14.0. The standard InChI is InChI=1S/C33H29N5O4S/c1-22-29(32(39)38(33(40)30(22)20-34)23(2)24-12-7-5-8-13-24)19-26-21-37(27-15-9-6-10-16-27)35-31(26)25-14-11-17-28(18-25)43(41,42)36(3)4/h5-19,21,23H,1-4H3/b29-19+. The van der Waals surface area contributed by atoms with Crippen molar-refractivity contribution in [2.75, 3.05) is 14.1 Å². The molecular formula is C33H29N5O4S. The van der Waals surface area contributed by atoms with Crippen molar-refractivity contribution < 1.29 is 18.0 Å². The summed E-state index contributed by atoms with van der Waals surface area (Å²) in [6.07, 6.45) is 3.35. The molecule has 5 rings (SSSR count). The Hall–Kier alpha value is -5.11. The molecule has 43 heavy (non-hydrogen) atoms. The summed E-state index contributed by atoms with van der Waals surface area (Å²) < 4.78 is 28.6. The molecule has 0 radical (unpaired) electrons. The van der Waals surface area contributed by atoms with Gasteiger partial charge in [0.2, 0.25) is 10.0 Å². The molecule has 0 spiro atoms. The van der Waals surface area contributed by atoms with Gasteiger partial charge in [0.1, 0.15) is 17.3 Å². The van der Waals surface area contributed by atoms with Gasteiger partial charge in [0.25, 0.3) is 11.8 Å². The highest BCUT2D eigenvalue weighted by Gasteiger charge is 2.39. The van der Waals surface area contributed by atoms with Crippen LogP contribution in [0.25, 0.3) is 23.0 Å². The smallest absolute Gasteiger partial charge is 0.269 e. The SMILES string of the molecule is CC1=C(C#N)C(=O)N(C(C)c2ccccc2)C(=O)/C1=C/c1cn(-c2ccccc2)nc1-c1cccc(S(=O)(=O)N(C)C)c1. The Balaban J connectivity index is 1.71. The average Bonchev–Trinajstić information content (AvgIpc) is 3.44. The molecule has 1 aliphatic heterocycles. The first-order valence-electron chi connectivity index (χ1n) is 13.5. The predicted molar refractivity (Wildman–Crippen MR) is 163 cm³/mol. The second-order valence-electron chi connectivity index (χ2n) is 10.3. The number of carbonyl (C=O) groups excluding carboxylic acids is 2. The fraction of sp³-hybridized carbons (Fsp3) is 0.152. The lowest BCUT2D eigenvalue weighted by atomic mass is 9.91. The Kier molecular flexibility index (Phi) is 7.96. The molecule has 0 N–H and O–H groups in total. The van der Waals surface area contributed by atoms with Crippen molar-refractivity contribution in [3.05, 3.63) is 119 Å². The molecule has 9 nitrogen and oxygen atoms in total. The largest absolute Gasteiger partial charge is 0.272 e. The van der Waals surface area contributed by atoms with Crippen molar-refractivity contribution in [2.24, 2.45) is 0 Å². The molecule has 1 unspecified atom stereocenters. The van der Waals surface area contributed by atoms with Crippen LogP contribution >= 0.6 is 0 Å².